The van der Waals surface area contributed by atoms with Gasteiger partial charge in [-0.3, -0.25) is 0 Å². The number of hydrogen-bond acceptors (Lipinski definition) is 6. The summed E-state index contributed by atoms with van der Waals surface area (Å²) in [7, 11) is 9.14. The first-order valence-corrected chi connectivity index (χ1v) is 11.7. The van der Waals surface area contributed by atoms with Crippen molar-refractivity contribution in [1.82, 2.24) is 29.4 Å². The molecule has 2 rings (SSSR count). The quantitative estimate of drug-likeness (QED) is 0.701. The Labute approximate surface area is 175 Å². The molecule has 0 N–H and O–H groups in total. The van der Waals surface area contributed by atoms with Crippen LogP contribution in [0, 0.1) is 0 Å². The van der Waals surface area contributed by atoms with E-state index in [2.05, 4.69) is 57.6 Å². The van der Waals surface area contributed by atoms with Gasteiger partial charge < -0.3 is 29.4 Å². The standard InChI is InChI=1S/C22H48N6/c1-23-9-5-11-25(3)17-19-27(15-7-13-23)21-22-28-16-8-14-24(2)10-6-12-26(4)18-20-28/h5-22H2,1-4H3. The van der Waals surface area contributed by atoms with Crippen LogP contribution in [0.15, 0.2) is 0 Å². The Balaban J connectivity index is 1.82. The van der Waals surface area contributed by atoms with E-state index in [0.717, 1.165) is 0 Å². The molecule has 0 aromatic heterocycles. The van der Waals surface area contributed by atoms with E-state index in [0.29, 0.717) is 0 Å². The molecule has 28 heavy (non-hydrogen) atoms. The zero-order chi connectivity index (χ0) is 20.2. The first-order valence-electron chi connectivity index (χ1n) is 11.7. The molecule has 0 amide bonds. The zero-order valence-electron chi connectivity index (χ0n) is 19.4. The van der Waals surface area contributed by atoms with Crippen LogP contribution in [0.25, 0.3) is 0 Å². The highest BCUT2D eigenvalue weighted by atomic mass is 15.2. The van der Waals surface area contributed by atoms with Gasteiger partial charge in [0.05, 0.1) is 0 Å². The van der Waals surface area contributed by atoms with Crippen LogP contribution < -0.4 is 0 Å². The molecule has 0 saturated carbocycles. The Morgan fingerprint density at radius 2 is 0.643 bits per heavy atom. The van der Waals surface area contributed by atoms with Gasteiger partial charge in [-0.05, 0) is 106 Å². The molecule has 0 spiro atoms. The molecule has 0 aliphatic carbocycles. The average Bonchev–Trinajstić information content (AvgIpc) is 2.71. The first-order chi connectivity index (χ1) is 13.5. The van der Waals surface area contributed by atoms with Crippen molar-refractivity contribution in [2.24, 2.45) is 0 Å². The topological polar surface area (TPSA) is 19.4 Å². The molecule has 0 aromatic carbocycles. The molecule has 2 aliphatic heterocycles. The van der Waals surface area contributed by atoms with Crippen LogP contribution in [0.3, 0.4) is 0 Å². The minimum atomic E-state index is 1.21. The highest BCUT2D eigenvalue weighted by Crippen LogP contribution is 2.03. The summed E-state index contributed by atoms with van der Waals surface area (Å²) >= 11 is 0. The van der Waals surface area contributed by atoms with Crippen molar-refractivity contribution in [3.05, 3.63) is 0 Å². The SMILES string of the molecule is CN1CCCN(C)CCN(CCN2CCCN(C)CCCN(C)CC2)CCC1. The van der Waals surface area contributed by atoms with Crippen LogP contribution in [-0.2, 0) is 0 Å². The fourth-order valence-electron chi connectivity index (χ4n) is 4.37. The van der Waals surface area contributed by atoms with Crippen molar-refractivity contribution < 1.29 is 0 Å². The van der Waals surface area contributed by atoms with E-state index in [1.165, 1.54) is 117 Å². The molecule has 6 nitrogen and oxygen atoms in total. The molecule has 0 bridgehead atoms. The lowest BCUT2D eigenvalue weighted by Crippen LogP contribution is -2.42. The maximum Gasteiger partial charge on any atom is 0.0110 e. The van der Waals surface area contributed by atoms with E-state index < -0.39 is 0 Å². The summed E-state index contributed by atoms with van der Waals surface area (Å²) in [5, 5.41) is 0. The van der Waals surface area contributed by atoms with Gasteiger partial charge in [0, 0.05) is 39.3 Å². The van der Waals surface area contributed by atoms with Crippen LogP contribution in [0.2, 0.25) is 0 Å². The maximum atomic E-state index is 2.72. The van der Waals surface area contributed by atoms with E-state index in [1.54, 1.807) is 0 Å². The molecule has 0 atom stereocenters. The summed E-state index contributed by atoms with van der Waals surface area (Å²) in [5.74, 6) is 0. The molecule has 166 valence electrons. The van der Waals surface area contributed by atoms with Crippen molar-refractivity contribution in [3.8, 4) is 0 Å². The van der Waals surface area contributed by atoms with Gasteiger partial charge in [-0.1, -0.05) is 0 Å². The Hall–Kier alpha value is -0.240. The number of nitrogens with zero attached hydrogens (tertiary/aromatic N) is 6. The number of rotatable bonds is 3. The second kappa shape index (κ2) is 13.9. The van der Waals surface area contributed by atoms with Crippen LogP contribution in [0.5, 0.6) is 0 Å². The lowest BCUT2D eigenvalue weighted by Gasteiger charge is -2.30. The van der Waals surface area contributed by atoms with Gasteiger partial charge in [-0.2, -0.15) is 0 Å². The average molecular weight is 397 g/mol. The van der Waals surface area contributed by atoms with Gasteiger partial charge in [-0.25, -0.2) is 0 Å². The minimum Gasteiger partial charge on any atom is -0.306 e. The van der Waals surface area contributed by atoms with Gasteiger partial charge >= 0.3 is 0 Å². The lowest BCUT2D eigenvalue weighted by atomic mass is 10.3. The fourth-order valence-corrected chi connectivity index (χ4v) is 4.37. The molecule has 2 aliphatic rings. The van der Waals surface area contributed by atoms with E-state index in [9.17, 15) is 0 Å². The van der Waals surface area contributed by atoms with Crippen LogP contribution in [0.1, 0.15) is 25.7 Å². The molecule has 6 heteroatoms. The monoisotopic (exact) mass is 396 g/mol. The highest BCUT2D eigenvalue weighted by molar-refractivity contribution is 4.70. The smallest absolute Gasteiger partial charge is 0.0110 e. The van der Waals surface area contributed by atoms with Gasteiger partial charge in [0.1, 0.15) is 0 Å². The van der Waals surface area contributed by atoms with E-state index in [4.69, 9.17) is 0 Å². The van der Waals surface area contributed by atoms with Crippen molar-refractivity contribution in [1.29, 1.82) is 0 Å². The number of hydrogen-bond donors (Lipinski definition) is 0. The van der Waals surface area contributed by atoms with Crippen LogP contribution in [0.4, 0.5) is 0 Å². The zero-order valence-corrected chi connectivity index (χ0v) is 19.4. The molecule has 0 unspecified atom stereocenters. The normalized spacial score (nSPS) is 26.6. The second-order valence-corrected chi connectivity index (χ2v) is 9.31. The highest BCUT2D eigenvalue weighted by Gasteiger charge is 2.14. The summed E-state index contributed by atoms with van der Waals surface area (Å²) in [5.41, 5.74) is 0. The Kier molecular flexibility index (Phi) is 11.9. The van der Waals surface area contributed by atoms with Gasteiger partial charge in [0.15, 0.2) is 0 Å². The largest absolute Gasteiger partial charge is 0.306 e. The minimum absolute atomic E-state index is 1.21. The molecular formula is C22H48N6. The summed E-state index contributed by atoms with van der Waals surface area (Å²) in [6.45, 7) is 17.2. The second-order valence-electron chi connectivity index (χ2n) is 9.31. The summed E-state index contributed by atoms with van der Waals surface area (Å²) in [6, 6.07) is 0. The van der Waals surface area contributed by atoms with Crippen molar-refractivity contribution in [2.45, 2.75) is 25.7 Å². The molecule has 0 radical (unpaired) electrons. The molecule has 0 aromatic rings. The predicted octanol–water partition coefficient (Wildman–Crippen LogP) is 0.905. The molecule has 2 fully saturated rings. The predicted molar refractivity (Wildman–Crippen MR) is 121 cm³/mol. The van der Waals surface area contributed by atoms with Gasteiger partial charge in [-0.15, -0.1) is 0 Å². The Morgan fingerprint density at radius 3 is 1.00 bits per heavy atom. The third kappa shape index (κ3) is 10.5. The summed E-state index contributed by atoms with van der Waals surface area (Å²) < 4.78 is 0. The van der Waals surface area contributed by atoms with Crippen molar-refractivity contribution in [3.63, 3.8) is 0 Å². The molecular weight excluding hydrogens is 348 g/mol. The first kappa shape index (κ1) is 24.0. The van der Waals surface area contributed by atoms with E-state index in [1.807, 2.05) is 0 Å². The Morgan fingerprint density at radius 1 is 0.357 bits per heavy atom. The van der Waals surface area contributed by atoms with Gasteiger partial charge in [0.2, 0.25) is 0 Å². The summed E-state index contributed by atoms with van der Waals surface area (Å²) in [6.07, 6.45) is 5.19. The van der Waals surface area contributed by atoms with E-state index in [-0.39, 0.29) is 0 Å². The van der Waals surface area contributed by atoms with E-state index >= 15 is 0 Å². The maximum absolute atomic E-state index is 2.72. The third-order valence-electron chi connectivity index (χ3n) is 6.52. The van der Waals surface area contributed by atoms with Crippen LogP contribution >= 0.6 is 0 Å². The van der Waals surface area contributed by atoms with Crippen molar-refractivity contribution in [2.75, 3.05) is 120 Å². The van der Waals surface area contributed by atoms with Gasteiger partial charge in [0.25, 0.3) is 0 Å². The van der Waals surface area contributed by atoms with Crippen LogP contribution in [-0.4, -0.2) is 149 Å². The third-order valence-corrected chi connectivity index (χ3v) is 6.52. The summed E-state index contributed by atoms with van der Waals surface area (Å²) in [4.78, 5) is 15.5. The lowest BCUT2D eigenvalue weighted by molar-refractivity contribution is 0.171. The Bertz CT molecular complexity index is 357. The molecule has 2 heterocycles. The molecule has 2 saturated heterocycles. The fraction of sp³-hybridized carbons (Fsp3) is 1.00. The van der Waals surface area contributed by atoms with Crippen molar-refractivity contribution >= 4 is 0 Å². The number of likely N-dealkylation sites (N-methyl/N-ethyl adjacent to an activating group) is 2.